The second kappa shape index (κ2) is 6.96. The van der Waals surface area contributed by atoms with Gasteiger partial charge in [-0.05, 0) is 48.9 Å². The number of rotatable bonds is 4. The second-order valence-corrected chi connectivity index (χ2v) is 5.46. The van der Waals surface area contributed by atoms with E-state index in [-0.39, 0.29) is 17.9 Å². The molecule has 0 spiro atoms. The summed E-state index contributed by atoms with van der Waals surface area (Å²) in [6.45, 7) is 1.46. The summed E-state index contributed by atoms with van der Waals surface area (Å²) in [5.74, 6) is -0.270. The van der Waals surface area contributed by atoms with E-state index in [1.54, 1.807) is 37.3 Å². The first-order chi connectivity index (χ1) is 12.0. The third kappa shape index (κ3) is 3.72. The Labute approximate surface area is 143 Å². The van der Waals surface area contributed by atoms with Gasteiger partial charge in [-0.25, -0.2) is 10.4 Å². The Morgan fingerprint density at radius 1 is 1.24 bits per heavy atom. The number of nitrogens with one attached hydrogen (secondary N) is 1. The molecule has 3 rings (SSSR count). The lowest BCUT2D eigenvalue weighted by atomic mass is 10.2. The Balaban J connectivity index is 1.77. The van der Waals surface area contributed by atoms with Crippen molar-refractivity contribution in [2.24, 2.45) is 5.10 Å². The fourth-order valence-corrected chi connectivity index (χ4v) is 2.40. The van der Waals surface area contributed by atoms with Crippen LogP contribution in [0.4, 0.5) is 0 Å². The topological polar surface area (TPSA) is 96.6 Å². The molecule has 2 aromatic carbocycles. The van der Waals surface area contributed by atoms with Gasteiger partial charge in [-0.15, -0.1) is 0 Å². The predicted molar refractivity (Wildman–Crippen MR) is 94.6 cm³/mol. The second-order valence-electron chi connectivity index (χ2n) is 5.46. The maximum absolute atomic E-state index is 12.3. The quantitative estimate of drug-likeness (QED) is 0.558. The number of fused-ring (bicyclic) bond motifs is 1. The van der Waals surface area contributed by atoms with Gasteiger partial charge in [0.1, 0.15) is 18.0 Å². The summed E-state index contributed by atoms with van der Waals surface area (Å²) in [5.41, 5.74) is 4.39. The van der Waals surface area contributed by atoms with E-state index in [4.69, 9.17) is 0 Å². The van der Waals surface area contributed by atoms with E-state index in [1.807, 2.05) is 6.07 Å². The first-order valence-corrected chi connectivity index (χ1v) is 7.62. The zero-order valence-corrected chi connectivity index (χ0v) is 13.5. The van der Waals surface area contributed by atoms with Crippen LogP contribution in [0.5, 0.6) is 5.75 Å². The van der Waals surface area contributed by atoms with E-state index >= 15 is 0 Å². The minimum Gasteiger partial charge on any atom is -0.508 e. The van der Waals surface area contributed by atoms with Gasteiger partial charge in [-0.3, -0.25) is 14.2 Å². The van der Waals surface area contributed by atoms with Gasteiger partial charge < -0.3 is 5.11 Å². The Morgan fingerprint density at radius 3 is 2.72 bits per heavy atom. The Bertz CT molecular complexity index is 1010. The molecule has 1 aromatic heterocycles. The molecule has 0 saturated carbocycles. The standard InChI is InChI=1S/C18H16N4O3/c1-12-18(25)22(16-5-3-2-4-15(16)20-12)11-17(24)21-19-10-13-6-8-14(23)9-7-13/h2-10,23H,11H2,1H3,(H,21,24). The number of carbonyl (C=O) groups excluding carboxylic acids is 1. The number of phenols is 1. The van der Waals surface area contributed by atoms with Gasteiger partial charge >= 0.3 is 0 Å². The highest BCUT2D eigenvalue weighted by atomic mass is 16.3. The van der Waals surface area contributed by atoms with Crippen LogP contribution >= 0.6 is 0 Å². The van der Waals surface area contributed by atoms with E-state index < -0.39 is 5.91 Å². The summed E-state index contributed by atoms with van der Waals surface area (Å²) in [6.07, 6.45) is 1.45. The molecule has 0 saturated heterocycles. The molecule has 0 atom stereocenters. The van der Waals surface area contributed by atoms with E-state index in [2.05, 4.69) is 15.5 Å². The molecule has 7 heteroatoms. The van der Waals surface area contributed by atoms with Crippen molar-refractivity contribution in [3.05, 3.63) is 70.1 Å². The Hall–Kier alpha value is -3.48. The fraction of sp³-hybridized carbons (Fsp3) is 0.111. The lowest BCUT2D eigenvalue weighted by Gasteiger charge is -2.09. The van der Waals surface area contributed by atoms with Gasteiger partial charge in [0.05, 0.1) is 17.2 Å². The molecule has 3 aromatic rings. The van der Waals surface area contributed by atoms with Crippen LogP contribution in [0.25, 0.3) is 11.0 Å². The van der Waals surface area contributed by atoms with Gasteiger partial charge in [0, 0.05) is 0 Å². The number of para-hydroxylation sites is 2. The summed E-state index contributed by atoms with van der Waals surface area (Å²) in [6, 6.07) is 13.5. The molecule has 1 heterocycles. The van der Waals surface area contributed by atoms with Crippen molar-refractivity contribution in [3.8, 4) is 5.75 Å². The van der Waals surface area contributed by atoms with Crippen LogP contribution in [0.2, 0.25) is 0 Å². The van der Waals surface area contributed by atoms with Crippen LogP contribution in [0.3, 0.4) is 0 Å². The number of hydrazone groups is 1. The summed E-state index contributed by atoms with van der Waals surface area (Å²) in [5, 5.41) is 13.1. The minimum atomic E-state index is -0.423. The summed E-state index contributed by atoms with van der Waals surface area (Å²) < 4.78 is 1.38. The molecule has 7 nitrogen and oxygen atoms in total. The van der Waals surface area contributed by atoms with Crippen molar-refractivity contribution in [1.82, 2.24) is 15.0 Å². The van der Waals surface area contributed by atoms with Crippen molar-refractivity contribution >= 4 is 23.2 Å². The molecular weight excluding hydrogens is 320 g/mol. The molecule has 0 aliphatic carbocycles. The van der Waals surface area contributed by atoms with Gasteiger partial charge in [0.25, 0.3) is 11.5 Å². The number of hydrogen-bond acceptors (Lipinski definition) is 5. The summed E-state index contributed by atoms with van der Waals surface area (Å²) in [7, 11) is 0. The molecule has 0 unspecified atom stereocenters. The van der Waals surface area contributed by atoms with Crippen LogP contribution in [-0.2, 0) is 11.3 Å². The molecule has 0 fully saturated rings. The summed E-state index contributed by atoms with van der Waals surface area (Å²) >= 11 is 0. The third-order valence-corrected chi connectivity index (χ3v) is 3.61. The van der Waals surface area contributed by atoms with E-state index in [9.17, 15) is 14.7 Å². The number of aromatic hydroxyl groups is 1. The number of hydrogen-bond donors (Lipinski definition) is 2. The molecule has 2 N–H and O–H groups in total. The number of phenolic OH excluding ortho intramolecular Hbond substituents is 1. The minimum absolute atomic E-state index is 0.153. The highest BCUT2D eigenvalue weighted by molar-refractivity contribution is 5.83. The van der Waals surface area contributed by atoms with Crippen molar-refractivity contribution in [2.75, 3.05) is 0 Å². The zero-order valence-electron chi connectivity index (χ0n) is 13.5. The monoisotopic (exact) mass is 336 g/mol. The smallest absolute Gasteiger partial charge is 0.272 e. The molecular formula is C18H16N4O3. The zero-order chi connectivity index (χ0) is 17.8. The van der Waals surface area contributed by atoms with E-state index in [1.165, 1.54) is 22.9 Å². The third-order valence-electron chi connectivity index (χ3n) is 3.61. The average molecular weight is 336 g/mol. The van der Waals surface area contributed by atoms with Crippen LogP contribution in [0.15, 0.2) is 58.4 Å². The van der Waals surface area contributed by atoms with Gasteiger partial charge in [0.15, 0.2) is 0 Å². The maximum atomic E-state index is 12.3. The number of aryl methyl sites for hydroxylation is 1. The van der Waals surface area contributed by atoms with E-state index in [0.29, 0.717) is 16.7 Å². The summed E-state index contributed by atoms with van der Waals surface area (Å²) in [4.78, 5) is 28.7. The molecule has 126 valence electrons. The number of nitrogens with zero attached hydrogens (tertiary/aromatic N) is 3. The van der Waals surface area contributed by atoms with Gasteiger partial charge in [-0.1, -0.05) is 12.1 Å². The van der Waals surface area contributed by atoms with Crippen molar-refractivity contribution < 1.29 is 9.90 Å². The first-order valence-electron chi connectivity index (χ1n) is 7.62. The average Bonchev–Trinajstić information content (AvgIpc) is 2.60. The normalized spacial score (nSPS) is 11.1. The largest absolute Gasteiger partial charge is 0.508 e. The van der Waals surface area contributed by atoms with Crippen LogP contribution in [0, 0.1) is 6.92 Å². The molecule has 25 heavy (non-hydrogen) atoms. The van der Waals surface area contributed by atoms with Gasteiger partial charge in [0.2, 0.25) is 0 Å². The SMILES string of the molecule is Cc1nc2ccccc2n(CC(=O)NN=Cc2ccc(O)cc2)c1=O. The molecule has 1 amide bonds. The lowest BCUT2D eigenvalue weighted by molar-refractivity contribution is -0.121. The van der Waals surface area contributed by atoms with Crippen molar-refractivity contribution in [2.45, 2.75) is 13.5 Å². The van der Waals surface area contributed by atoms with Gasteiger partial charge in [-0.2, -0.15) is 5.10 Å². The van der Waals surface area contributed by atoms with E-state index in [0.717, 1.165) is 5.56 Å². The van der Waals surface area contributed by atoms with Crippen molar-refractivity contribution in [1.29, 1.82) is 0 Å². The molecule has 0 bridgehead atoms. The van der Waals surface area contributed by atoms with Crippen LogP contribution < -0.4 is 11.0 Å². The maximum Gasteiger partial charge on any atom is 0.272 e. The Kier molecular flexibility index (Phi) is 4.56. The van der Waals surface area contributed by atoms with Crippen LogP contribution in [0.1, 0.15) is 11.3 Å². The molecule has 0 aliphatic heterocycles. The lowest BCUT2D eigenvalue weighted by Crippen LogP contribution is -2.31. The highest BCUT2D eigenvalue weighted by Crippen LogP contribution is 2.10. The van der Waals surface area contributed by atoms with Crippen molar-refractivity contribution in [3.63, 3.8) is 0 Å². The molecule has 0 radical (unpaired) electrons. The predicted octanol–water partition coefficient (Wildman–Crippen LogP) is 1.56. The number of amides is 1. The number of benzene rings is 2. The highest BCUT2D eigenvalue weighted by Gasteiger charge is 2.10. The number of carbonyl (C=O) groups is 1. The first kappa shape index (κ1) is 16.4. The number of aromatic nitrogens is 2. The molecule has 0 aliphatic rings. The Morgan fingerprint density at radius 2 is 1.96 bits per heavy atom. The van der Waals surface area contributed by atoms with Crippen LogP contribution in [-0.4, -0.2) is 26.8 Å². The fourth-order valence-electron chi connectivity index (χ4n) is 2.40.